The highest BCUT2D eigenvalue weighted by atomic mass is 16.4. The summed E-state index contributed by atoms with van der Waals surface area (Å²) in [5.41, 5.74) is 1.70. The normalized spacial score (nSPS) is 20.1. The number of ketones is 1. The van der Waals surface area contributed by atoms with Gasteiger partial charge in [0.05, 0.1) is 5.52 Å². The monoisotopic (exact) mass is 246 g/mol. The Morgan fingerprint density at radius 2 is 2.28 bits per heavy atom. The summed E-state index contributed by atoms with van der Waals surface area (Å²) in [5.74, 6) is -0.324. The van der Waals surface area contributed by atoms with Crippen molar-refractivity contribution >= 4 is 16.9 Å². The molecule has 94 valence electrons. The molecule has 5 nitrogen and oxygen atoms in total. The number of fused-ring (bicyclic) bond motifs is 1. The SMILES string of the molecule is O=C(c1ccc2oc(=O)[nH]c2c1)C1CCCNC1. The van der Waals surface area contributed by atoms with Crippen molar-refractivity contribution in [2.45, 2.75) is 12.8 Å². The summed E-state index contributed by atoms with van der Waals surface area (Å²) in [6, 6.07) is 5.07. The number of aromatic amines is 1. The number of aromatic nitrogens is 1. The van der Waals surface area contributed by atoms with E-state index in [1.807, 2.05) is 0 Å². The lowest BCUT2D eigenvalue weighted by Gasteiger charge is -2.21. The van der Waals surface area contributed by atoms with E-state index in [1.54, 1.807) is 18.2 Å². The zero-order chi connectivity index (χ0) is 12.5. The minimum absolute atomic E-state index is 0.0369. The molecule has 0 aliphatic carbocycles. The van der Waals surface area contributed by atoms with E-state index in [9.17, 15) is 9.59 Å². The number of benzene rings is 1. The fourth-order valence-corrected chi connectivity index (χ4v) is 2.42. The predicted molar refractivity (Wildman–Crippen MR) is 66.8 cm³/mol. The van der Waals surface area contributed by atoms with Crippen molar-refractivity contribution in [2.24, 2.45) is 5.92 Å². The molecule has 0 amide bonds. The highest BCUT2D eigenvalue weighted by molar-refractivity contribution is 6.00. The molecule has 2 N–H and O–H groups in total. The molecule has 0 spiro atoms. The van der Waals surface area contributed by atoms with E-state index in [4.69, 9.17) is 4.42 Å². The molecule has 0 bridgehead atoms. The van der Waals surface area contributed by atoms with Crippen LogP contribution in [0.1, 0.15) is 23.2 Å². The third kappa shape index (κ3) is 1.97. The number of carbonyl (C=O) groups is 1. The molecule has 2 aromatic rings. The van der Waals surface area contributed by atoms with Gasteiger partial charge in [0, 0.05) is 18.0 Å². The second-order valence-corrected chi connectivity index (χ2v) is 4.63. The summed E-state index contributed by atoms with van der Waals surface area (Å²) in [6.45, 7) is 1.72. The second-order valence-electron chi connectivity index (χ2n) is 4.63. The van der Waals surface area contributed by atoms with Gasteiger partial charge in [0.1, 0.15) is 0 Å². The predicted octanol–water partition coefficient (Wildman–Crippen LogP) is 1.30. The van der Waals surface area contributed by atoms with Crippen LogP contribution in [0.5, 0.6) is 0 Å². The Balaban J connectivity index is 1.92. The molecule has 0 saturated carbocycles. The topological polar surface area (TPSA) is 75.1 Å². The van der Waals surface area contributed by atoms with Gasteiger partial charge in [0.15, 0.2) is 11.4 Å². The van der Waals surface area contributed by atoms with Gasteiger partial charge in [-0.2, -0.15) is 0 Å². The Bertz CT molecular complexity index is 635. The number of oxazole rings is 1. The first kappa shape index (κ1) is 11.2. The molecule has 1 aromatic carbocycles. The van der Waals surface area contributed by atoms with E-state index in [-0.39, 0.29) is 11.7 Å². The van der Waals surface area contributed by atoms with Crippen LogP contribution < -0.4 is 11.1 Å². The zero-order valence-corrected chi connectivity index (χ0v) is 9.86. The smallest absolute Gasteiger partial charge is 0.408 e. The molecule has 1 fully saturated rings. The number of H-pyrrole nitrogens is 1. The maximum atomic E-state index is 12.3. The Labute approximate surface area is 103 Å². The third-order valence-corrected chi connectivity index (χ3v) is 3.37. The average Bonchev–Trinajstić information content (AvgIpc) is 2.78. The standard InChI is InChI=1S/C13H14N2O3/c16-12(9-2-1-5-14-7-9)8-3-4-11-10(6-8)15-13(17)18-11/h3-4,6,9,14H,1-2,5,7H2,(H,15,17). The van der Waals surface area contributed by atoms with Crippen LogP contribution in [0.15, 0.2) is 27.4 Å². The summed E-state index contributed by atoms with van der Waals surface area (Å²) < 4.78 is 4.91. The average molecular weight is 246 g/mol. The first-order chi connectivity index (χ1) is 8.74. The van der Waals surface area contributed by atoms with Crippen molar-refractivity contribution in [3.05, 3.63) is 34.3 Å². The molecule has 1 unspecified atom stereocenters. The lowest BCUT2D eigenvalue weighted by atomic mass is 9.91. The number of hydrogen-bond donors (Lipinski definition) is 2. The first-order valence-corrected chi connectivity index (χ1v) is 6.12. The van der Waals surface area contributed by atoms with Gasteiger partial charge >= 0.3 is 5.76 Å². The van der Waals surface area contributed by atoms with Crippen LogP contribution in [0.25, 0.3) is 11.1 Å². The van der Waals surface area contributed by atoms with Crippen LogP contribution in [0.3, 0.4) is 0 Å². The number of piperidine rings is 1. The van der Waals surface area contributed by atoms with Gasteiger partial charge in [-0.15, -0.1) is 0 Å². The van der Waals surface area contributed by atoms with Crippen LogP contribution in [-0.2, 0) is 0 Å². The molecule has 1 saturated heterocycles. The van der Waals surface area contributed by atoms with Crippen molar-refractivity contribution in [3.8, 4) is 0 Å². The maximum absolute atomic E-state index is 12.3. The molecule has 3 rings (SSSR count). The zero-order valence-electron chi connectivity index (χ0n) is 9.86. The Kier molecular flexibility index (Phi) is 2.76. The lowest BCUT2D eigenvalue weighted by Crippen LogP contribution is -2.34. The third-order valence-electron chi connectivity index (χ3n) is 3.37. The van der Waals surface area contributed by atoms with Crippen molar-refractivity contribution in [1.82, 2.24) is 10.3 Å². The molecule has 1 aliphatic rings. The van der Waals surface area contributed by atoms with E-state index in [0.717, 1.165) is 25.9 Å². The van der Waals surface area contributed by atoms with Crippen molar-refractivity contribution in [3.63, 3.8) is 0 Å². The van der Waals surface area contributed by atoms with Gasteiger partial charge in [0.25, 0.3) is 0 Å². The van der Waals surface area contributed by atoms with E-state index >= 15 is 0 Å². The second kappa shape index (κ2) is 4.42. The van der Waals surface area contributed by atoms with Crippen LogP contribution >= 0.6 is 0 Å². The summed E-state index contributed by atoms with van der Waals surface area (Å²) in [7, 11) is 0. The number of rotatable bonds is 2. The summed E-state index contributed by atoms with van der Waals surface area (Å²) in [4.78, 5) is 25.9. The van der Waals surface area contributed by atoms with E-state index in [1.165, 1.54) is 0 Å². The highest BCUT2D eigenvalue weighted by Gasteiger charge is 2.22. The Hall–Kier alpha value is -1.88. The highest BCUT2D eigenvalue weighted by Crippen LogP contribution is 2.19. The number of carbonyl (C=O) groups excluding carboxylic acids is 1. The molecule has 0 radical (unpaired) electrons. The Morgan fingerprint density at radius 3 is 3.06 bits per heavy atom. The van der Waals surface area contributed by atoms with Gasteiger partial charge in [-0.05, 0) is 37.6 Å². The minimum Gasteiger partial charge on any atom is -0.408 e. The Morgan fingerprint density at radius 1 is 1.39 bits per heavy atom. The first-order valence-electron chi connectivity index (χ1n) is 6.12. The largest absolute Gasteiger partial charge is 0.417 e. The lowest BCUT2D eigenvalue weighted by molar-refractivity contribution is 0.0900. The van der Waals surface area contributed by atoms with Gasteiger partial charge < -0.3 is 9.73 Å². The molecule has 1 atom stereocenters. The summed E-state index contributed by atoms with van der Waals surface area (Å²) in [6.07, 6.45) is 1.95. The van der Waals surface area contributed by atoms with Crippen molar-refractivity contribution < 1.29 is 9.21 Å². The van der Waals surface area contributed by atoms with E-state index in [2.05, 4.69) is 10.3 Å². The molecule has 18 heavy (non-hydrogen) atoms. The fraction of sp³-hybridized carbons (Fsp3) is 0.385. The fourth-order valence-electron chi connectivity index (χ4n) is 2.42. The van der Waals surface area contributed by atoms with Gasteiger partial charge in [-0.3, -0.25) is 9.78 Å². The number of hydrogen-bond acceptors (Lipinski definition) is 4. The van der Waals surface area contributed by atoms with Crippen LogP contribution in [0.2, 0.25) is 0 Å². The molecule has 5 heteroatoms. The molecular formula is C13H14N2O3. The van der Waals surface area contributed by atoms with Gasteiger partial charge in [0.2, 0.25) is 0 Å². The number of Topliss-reactive ketones (excluding diaryl/α,β-unsaturated/α-hetero) is 1. The molecular weight excluding hydrogens is 232 g/mol. The van der Waals surface area contributed by atoms with Gasteiger partial charge in [-0.25, -0.2) is 4.79 Å². The van der Waals surface area contributed by atoms with Crippen LogP contribution in [-0.4, -0.2) is 23.9 Å². The van der Waals surface area contributed by atoms with Crippen LogP contribution in [0.4, 0.5) is 0 Å². The van der Waals surface area contributed by atoms with Crippen molar-refractivity contribution in [2.75, 3.05) is 13.1 Å². The molecule has 1 aromatic heterocycles. The van der Waals surface area contributed by atoms with E-state index < -0.39 is 5.76 Å². The minimum atomic E-state index is -0.492. The summed E-state index contributed by atoms with van der Waals surface area (Å²) in [5, 5.41) is 3.23. The quantitative estimate of drug-likeness (QED) is 0.783. The molecule has 2 heterocycles. The molecule has 1 aliphatic heterocycles. The maximum Gasteiger partial charge on any atom is 0.417 e. The van der Waals surface area contributed by atoms with E-state index in [0.29, 0.717) is 16.7 Å². The van der Waals surface area contributed by atoms with Crippen molar-refractivity contribution in [1.29, 1.82) is 0 Å². The van der Waals surface area contributed by atoms with Gasteiger partial charge in [-0.1, -0.05) is 0 Å². The van der Waals surface area contributed by atoms with Crippen LogP contribution in [0, 0.1) is 5.92 Å². The number of nitrogens with one attached hydrogen (secondary N) is 2. The summed E-state index contributed by atoms with van der Waals surface area (Å²) >= 11 is 0.